The number of phenols is 1. The Labute approximate surface area is 202 Å². The smallest absolute Gasteiger partial charge is 0.408 e. The molecule has 0 aliphatic carbocycles. The molecule has 4 unspecified atom stereocenters. The summed E-state index contributed by atoms with van der Waals surface area (Å²) in [5.74, 6) is -1.08. The molecule has 0 radical (unpaired) electrons. The number of nitrogens with one attached hydrogen (secondary N) is 2. The van der Waals surface area contributed by atoms with Gasteiger partial charge in [-0.05, 0) is 65.2 Å². The molecule has 1 rings (SSSR count). The van der Waals surface area contributed by atoms with Gasteiger partial charge in [-0.1, -0.05) is 32.4 Å². The summed E-state index contributed by atoms with van der Waals surface area (Å²) in [6, 6.07) is 3.24. The lowest BCUT2D eigenvalue weighted by atomic mass is 9.99. The minimum Gasteiger partial charge on any atom is -0.508 e. The number of hydrogen-bond donors (Lipinski definition) is 4. The molecule has 0 aliphatic rings. The summed E-state index contributed by atoms with van der Waals surface area (Å²) < 4.78 is 5.23. The molecule has 0 aliphatic heterocycles. The number of rotatable bonds is 11. The summed E-state index contributed by atoms with van der Waals surface area (Å²) >= 11 is 0. The van der Waals surface area contributed by atoms with Crippen molar-refractivity contribution in [2.45, 2.75) is 97.5 Å². The highest BCUT2D eigenvalue weighted by molar-refractivity contribution is 5.92. The molecule has 9 nitrogen and oxygen atoms in total. The standard InChI is InChI=1S/C25H41N3O6/c1-8-11-16(3)26-22(31)21(18-12-10-13-19(30)14-18)28(17(4)9-2)23(32)20(15-29)27-24(33)34-25(5,6)7/h10,12-14,16-17,20-21,29-30H,8-9,11,15H2,1-7H3,(H,26,31)(H,27,33). The van der Waals surface area contributed by atoms with Gasteiger partial charge in [0.25, 0.3) is 0 Å². The molecule has 34 heavy (non-hydrogen) atoms. The molecule has 0 saturated carbocycles. The molecule has 0 saturated heterocycles. The average Bonchev–Trinajstić information content (AvgIpc) is 2.73. The number of amides is 3. The number of aromatic hydroxyl groups is 1. The SMILES string of the molecule is CCCC(C)NC(=O)C(c1cccc(O)c1)N(C(=O)C(CO)NC(=O)OC(C)(C)C)C(C)CC. The monoisotopic (exact) mass is 479 g/mol. The lowest BCUT2D eigenvalue weighted by Crippen LogP contribution is -2.57. The second kappa shape index (κ2) is 13.2. The Kier molecular flexibility index (Phi) is 11.3. The second-order valence-corrected chi connectivity index (χ2v) is 9.58. The van der Waals surface area contributed by atoms with Crippen molar-refractivity contribution in [1.29, 1.82) is 0 Å². The number of ether oxygens (including phenoxy) is 1. The zero-order valence-electron chi connectivity index (χ0n) is 21.4. The van der Waals surface area contributed by atoms with Gasteiger partial charge in [0.1, 0.15) is 23.4 Å². The van der Waals surface area contributed by atoms with E-state index in [1.165, 1.54) is 17.0 Å². The molecule has 3 amide bonds. The molecule has 0 fully saturated rings. The molecule has 0 heterocycles. The quantitative estimate of drug-likeness (QED) is 0.386. The first-order chi connectivity index (χ1) is 15.8. The first-order valence-electron chi connectivity index (χ1n) is 11.9. The Hall–Kier alpha value is -2.81. The Bertz CT molecular complexity index is 823. The molecule has 0 aromatic heterocycles. The van der Waals surface area contributed by atoms with Gasteiger partial charge in [0.05, 0.1) is 6.61 Å². The van der Waals surface area contributed by atoms with Crippen molar-refractivity contribution in [1.82, 2.24) is 15.5 Å². The van der Waals surface area contributed by atoms with E-state index in [0.29, 0.717) is 12.0 Å². The van der Waals surface area contributed by atoms with Crippen LogP contribution in [0.3, 0.4) is 0 Å². The van der Waals surface area contributed by atoms with Crippen molar-refractivity contribution in [3.63, 3.8) is 0 Å². The first-order valence-corrected chi connectivity index (χ1v) is 11.9. The molecular weight excluding hydrogens is 438 g/mol. The van der Waals surface area contributed by atoms with E-state index in [1.54, 1.807) is 39.8 Å². The zero-order valence-corrected chi connectivity index (χ0v) is 21.4. The fourth-order valence-corrected chi connectivity index (χ4v) is 3.57. The normalized spacial score (nSPS) is 14.9. The summed E-state index contributed by atoms with van der Waals surface area (Å²) in [5.41, 5.74) is -0.369. The summed E-state index contributed by atoms with van der Waals surface area (Å²) in [6.45, 7) is 11.9. The van der Waals surface area contributed by atoms with Gasteiger partial charge in [-0.2, -0.15) is 0 Å². The van der Waals surface area contributed by atoms with Crippen molar-refractivity contribution in [2.75, 3.05) is 6.61 Å². The number of aliphatic hydroxyl groups is 1. The molecule has 1 aromatic carbocycles. The third-order valence-electron chi connectivity index (χ3n) is 5.31. The maximum atomic E-state index is 13.6. The highest BCUT2D eigenvalue weighted by Gasteiger charge is 2.38. The number of phenolic OH excluding ortho intramolecular Hbond substituents is 1. The fraction of sp³-hybridized carbons (Fsp3) is 0.640. The minimum atomic E-state index is -1.32. The van der Waals surface area contributed by atoms with E-state index >= 15 is 0 Å². The predicted molar refractivity (Wildman–Crippen MR) is 130 cm³/mol. The van der Waals surface area contributed by atoms with Gasteiger partial charge in [0.15, 0.2) is 0 Å². The molecule has 192 valence electrons. The number of carbonyl (C=O) groups excluding carboxylic acids is 3. The Morgan fingerprint density at radius 2 is 1.76 bits per heavy atom. The molecule has 0 spiro atoms. The maximum Gasteiger partial charge on any atom is 0.408 e. The third-order valence-corrected chi connectivity index (χ3v) is 5.31. The van der Waals surface area contributed by atoms with Crippen LogP contribution in [0.2, 0.25) is 0 Å². The lowest BCUT2D eigenvalue weighted by molar-refractivity contribution is -0.146. The number of nitrogens with zero attached hydrogens (tertiary/aromatic N) is 1. The van der Waals surface area contributed by atoms with Gasteiger partial charge in [-0.3, -0.25) is 9.59 Å². The molecule has 4 atom stereocenters. The molecule has 9 heteroatoms. The minimum absolute atomic E-state index is 0.0426. The van der Waals surface area contributed by atoms with Gasteiger partial charge in [0.2, 0.25) is 11.8 Å². The summed E-state index contributed by atoms with van der Waals surface area (Å²) in [6.07, 6.45) is 1.30. The third kappa shape index (κ3) is 8.85. The van der Waals surface area contributed by atoms with Gasteiger partial charge in [0, 0.05) is 12.1 Å². The number of carbonyl (C=O) groups is 3. The number of hydrogen-bond acceptors (Lipinski definition) is 6. The Morgan fingerprint density at radius 1 is 1.12 bits per heavy atom. The molecule has 1 aromatic rings. The Morgan fingerprint density at radius 3 is 2.26 bits per heavy atom. The first kappa shape index (κ1) is 29.2. The van der Waals surface area contributed by atoms with E-state index in [-0.39, 0.29) is 11.8 Å². The predicted octanol–water partition coefficient (Wildman–Crippen LogP) is 3.25. The van der Waals surface area contributed by atoms with Crippen LogP contribution in [0.15, 0.2) is 24.3 Å². The van der Waals surface area contributed by atoms with Gasteiger partial charge in [-0.25, -0.2) is 4.79 Å². The topological polar surface area (TPSA) is 128 Å². The second-order valence-electron chi connectivity index (χ2n) is 9.58. The van der Waals surface area contributed by atoms with Crippen LogP contribution in [0, 0.1) is 0 Å². The molecule has 4 N–H and O–H groups in total. The van der Waals surface area contributed by atoms with Crippen LogP contribution in [-0.4, -0.2) is 63.4 Å². The lowest BCUT2D eigenvalue weighted by Gasteiger charge is -2.38. The van der Waals surface area contributed by atoms with E-state index < -0.39 is 48.2 Å². The van der Waals surface area contributed by atoms with Crippen molar-refractivity contribution >= 4 is 17.9 Å². The van der Waals surface area contributed by atoms with Crippen molar-refractivity contribution in [3.05, 3.63) is 29.8 Å². The summed E-state index contributed by atoms with van der Waals surface area (Å²) in [7, 11) is 0. The molecule has 0 bridgehead atoms. The maximum absolute atomic E-state index is 13.6. The van der Waals surface area contributed by atoms with Crippen molar-refractivity contribution < 1.29 is 29.3 Å². The van der Waals surface area contributed by atoms with Crippen LogP contribution in [0.1, 0.15) is 79.3 Å². The highest BCUT2D eigenvalue weighted by Crippen LogP contribution is 2.28. The van der Waals surface area contributed by atoms with Crippen molar-refractivity contribution in [2.24, 2.45) is 0 Å². The summed E-state index contributed by atoms with van der Waals surface area (Å²) in [5, 5.41) is 25.4. The van der Waals surface area contributed by atoms with Crippen LogP contribution >= 0.6 is 0 Å². The van der Waals surface area contributed by atoms with Crippen LogP contribution in [-0.2, 0) is 14.3 Å². The van der Waals surface area contributed by atoms with Crippen LogP contribution < -0.4 is 10.6 Å². The number of benzene rings is 1. The van der Waals surface area contributed by atoms with Crippen LogP contribution in [0.5, 0.6) is 5.75 Å². The zero-order chi connectivity index (χ0) is 26.1. The summed E-state index contributed by atoms with van der Waals surface area (Å²) in [4.78, 5) is 40.8. The number of alkyl carbamates (subject to hydrolysis) is 1. The van der Waals surface area contributed by atoms with Crippen molar-refractivity contribution in [3.8, 4) is 5.75 Å². The van der Waals surface area contributed by atoms with Crippen LogP contribution in [0.25, 0.3) is 0 Å². The van der Waals surface area contributed by atoms with Gasteiger partial charge < -0.3 is 30.5 Å². The number of aliphatic hydroxyl groups excluding tert-OH is 1. The Balaban J connectivity index is 3.42. The molecular formula is C25H41N3O6. The van der Waals surface area contributed by atoms with Crippen LogP contribution in [0.4, 0.5) is 4.79 Å². The van der Waals surface area contributed by atoms with Gasteiger partial charge in [-0.15, -0.1) is 0 Å². The average molecular weight is 480 g/mol. The fourth-order valence-electron chi connectivity index (χ4n) is 3.57. The van der Waals surface area contributed by atoms with E-state index in [0.717, 1.165) is 12.8 Å². The van der Waals surface area contributed by atoms with E-state index in [1.807, 2.05) is 20.8 Å². The van der Waals surface area contributed by atoms with E-state index in [4.69, 9.17) is 4.74 Å². The van der Waals surface area contributed by atoms with E-state index in [2.05, 4.69) is 10.6 Å². The van der Waals surface area contributed by atoms with Gasteiger partial charge >= 0.3 is 6.09 Å². The largest absolute Gasteiger partial charge is 0.508 e. The van der Waals surface area contributed by atoms with E-state index in [9.17, 15) is 24.6 Å². The highest BCUT2D eigenvalue weighted by atomic mass is 16.6.